The number of ether oxygens (including phenoxy) is 2. The Bertz CT molecular complexity index is 1020. The highest BCUT2D eigenvalue weighted by molar-refractivity contribution is 7.14. The molecule has 0 bridgehead atoms. The van der Waals surface area contributed by atoms with Gasteiger partial charge in [-0.15, -0.1) is 11.3 Å². The first-order chi connectivity index (χ1) is 13.8. The topological polar surface area (TPSA) is 72.5 Å². The van der Waals surface area contributed by atoms with Crippen molar-refractivity contribution >= 4 is 33.8 Å². The molecule has 0 atom stereocenters. The zero-order chi connectivity index (χ0) is 21.0. The van der Waals surface area contributed by atoms with Gasteiger partial charge in [0.25, 0.3) is 5.91 Å². The third-order valence-electron chi connectivity index (χ3n) is 3.85. The van der Waals surface area contributed by atoms with Crippen LogP contribution in [-0.4, -0.2) is 25.1 Å². The molecule has 0 aliphatic carbocycles. The molecule has 0 aliphatic heterocycles. The molecule has 2 N–H and O–H groups in total. The van der Waals surface area contributed by atoms with E-state index in [4.69, 9.17) is 9.47 Å². The zero-order valence-corrected chi connectivity index (χ0v) is 16.1. The van der Waals surface area contributed by atoms with Crippen molar-refractivity contribution in [2.45, 2.75) is 6.18 Å². The maximum absolute atomic E-state index is 13.1. The molecule has 1 heterocycles. The summed E-state index contributed by atoms with van der Waals surface area (Å²) in [5.74, 6) is 0.328. The molecule has 1 amide bonds. The van der Waals surface area contributed by atoms with Crippen LogP contribution in [0, 0.1) is 0 Å². The number of amides is 1. The molecule has 0 saturated heterocycles. The van der Waals surface area contributed by atoms with Crippen LogP contribution in [0.15, 0.2) is 47.8 Å². The molecule has 0 aliphatic rings. The number of methoxy groups -OCH3 is 2. The average Bonchev–Trinajstić information content (AvgIpc) is 3.16. The van der Waals surface area contributed by atoms with E-state index in [-0.39, 0.29) is 11.4 Å². The average molecular weight is 423 g/mol. The minimum absolute atomic E-state index is 0.00467. The summed E-state index contributed by atoms with van der Waals surface area (Å²) in [5, 5.41) is 7.13. The Hall–Kier alpha value is -3.27. The standard InChI is InChI=1S/C19H16F3N3O3S/c1-27-15-8-7-11(9-16(15)28-2)23-18-25-14(10-29-18)17(26)24-13-6-4-3-5-12(13)19(20,21)22/h3-10H,1-2H3,(H,23,25)(H,24,26). The maximum atomic E-state index is 13.1. The van der Waals surface area contributed by atoms with Crippen LogP contribution in [0.1, 0.15) is 16.1 Å². The van der Waals surface area contributed by atoms with E-state index in [2.05, 4.69) is 15.6 Å². The molecule has 6 nitrogen and oxygen atoms in total. The van der Waals surface area contributed by atoms with Crippen LogP contribution in [0.2, 0.25) is 0 Å². The Morgan fingerprint density at radius 1 is 1.07 bits per heavy atom. The third kappa shape index (κ3) is 4.77. The van der Waals surface area contributed by atoms with E-state index in [0.717, 1.165) is 17.4 Å². The number of hydrogen-bond donors (Lipinski definition) is 2. The number of carbonyl (C=O) groups excluding carboxylic acids is 1. The summed E-state index contributed by atoms with van der Waals surface area (Å²) >= 11 is 1.14. The quantitative estimate of drug-likeness (QED) is 0.572. The minimum Gasteiger partial charge on any atom is -0.493 e. The van der Waals surface area contributed by atoms with Crippen molar-refractivity contribution in [3.05, 3.63) is 59.1 Å². The Balaban J connectivity index is 1.75. The van der Waals surface area contributed by atoms with Gasteiger partial charge in [0.1, 0.15) is 5.69 Å². The van der Waals surface area contributed by atoms with Crippen LogP contribution in [-0.2, 0) is 6.18 Å². The number of halogens is 3. The Labute approximate surface area is 168 Å². The monoisotopic (exact) mass is 423 g/mol. The van der Waals surface area contributed by atoms with Crippen molar-refractivity contribution in [1.82, 2.24) is 4.98 Å². The Kier molecular flexibility index (Phi) is 5.92. The van der Waals surface area contributed by atoms with Crippen molar-refractivity contribution in [1.29, 1.82) is 0 Å². The van der Waals surface area contributed by atoms with Gasteiger partial charge in [0.15, 0.2) is 16.6 Å². The van der Waals surface area contributed by atoms with Crippen LogP contribution in [0.25, 0.3) is 0 Å². The molecule has 29 heavy (non-hydrogen) atoms. The van der Waals surface area contributed by atoms with Gasteiger partial charge in [0.2, 0.25) is 0 Å². The molecular formula is C19H16F3N3O3S. The minimum atomic E-state index is -4.58. The summed E-state index contributed by atoms with van der Waals surface area (Å²) in [6, 6.07) is 9.90. The Morgan fingerprint density at radius 2 is 1.79 bits per heavy atom. The van der Waals surface area contributed by atoms with Crippen molar-refractivity contribution < 1.29 is 27.4 Å². The fourth-order valence-corrected chi connectivity index (χ4v) is 3.21. The molecule has 2 aromatic carbocycles. The lowest BCUT2D eigenvalue weighted by atomic mass is 10.1. The van der Waals surface area contributed by atoms with Gasteiger partial charge in [0.05, 0.1) is 25.5 Å². The van der Waals surface area contributed by atoms with Crippen LogP contribution in [0.3, 0.4) is 0 Å². The molecule has 1 aromatic heterocycles. The van der Waals surface area contributed by atoms with E-state index in [0.29, 0.717) is 22.3 Å². The van der Waals surface area contributed by atoms with E-state index in [1.807, 2.05) is 0 Å². The number of benzene rings is 2. The zero-order valence-electron chi connectivity index (χ0n) is 15.3. The summed E-state index contributed by atoms with van der Waals surface area (Å²) in [6.45, 7) is 0. The van der Waals surface area contributed by atoms with Gasteiger partial charge in [-0.1, -0.05) is 12.1 Å². The summed E-state index contributed by atoms with van der Waals surface area (Å²) in [6.07, 6.45) is -4.58. The van der Waals surface area contributed by atoms with Gasteiger partial charge < -0.3 is 20.1 Å². The second kappa shape index (κ2) is 8.39. The molecular weight excluding hydrogens is 407 g/mol. The molecule has 3 aromatic rings. The molecule has 0 unspecified atom stereocenters. The highest BCUT2D eigenvalue weighted by Gasteiger charge is 2.33. The number of nitrogens with zero attached hydrogens (tertiary/aromatic N) is 1. The smallest absolute Gasteiger partial charge is 0.418 e. The highest BCUT2D eigenvalue weighted by Crippen LogP contribution is 2.35. The second-order valence-electron chi connectivity index (χ2n) is 5.73. The molecule has 152 valence electrons. The molecule has 0 saturated carbocycles. The van der Waals surface area contributed by atoms with Crippen LogP contribution >= 0.6 is 11.3 Å². The lowest BCUT2D eigenvalue weighted by Crippen LogP contribution is -2.16. The van der Waals surface area contributed by atoms with E-state index < -0.39 is 17.6 Å². The van der Waals surface area contributed by atoms with Gasteiger partial charge in [-0.25, -0.2) is 4.98 Å². The van der Waals surface area contributed by atoms with Gasteiger partial charge in [-0.3, -0.25) is 4.79 Å². The summed E-state index contributed by atoms with van der Waals surface area (Å²) in [7, 11) is 3.03. The van der Waals surface area contributed by atoms with E-state index in [9.17, 15) is 18.0 Å². The lowest BCUT2D eigenvalue weighted by molar-refractivity contribution is -0.136. The lowest BCUT2D eigenvalue weighted by Gasteiger charge is -2.12. The number of nitrogens with one attached hydrogen (secondary N) is 2. The fourth-order valence-electron chi connectivity index (χ4n) is 2.50. The number of rotatable bonds is 6. The summed E-state index contributed by atoms with van der Waals surface area (Å²) in [4.78, 5) is 16.5. The van der Waals surface area contributed by atoms with Crippen LogP contribution in [0.5, 0.6) is 11.5 Å². The van der Waals surface area contributed by atoms with Crippen LogP contribution < -0.4 is 20.1 Å². The van der Waals surface area contributed by atoms with E-state index >= 15 is 0 Å². The largest absolute Gasteiger partial charge is 0.493 e. The van der Waals surface area contributed by atoms with E-state index in [1.54, 1.807) is 18.2 Å². The van der Waals surface area contributed by atoms with Crippen molar-refractivity contribution in [3.8, 4) is 11.5 Å². The highest BCUT2D eigenvalue weighted by atomic mass is 32.1. The molecule has 10 heteroatoms. The van der Waals surface area contributed by atoms with Crippen LogP contribution in [0.4, 0.5) is 29.7 Å². The number of aromatic nitrogens is 1. The fraction of sp³-hybridized carbons (Fsp3) is 0.158. The van der Waals surface area contributed by atoms with Crippen molar-refractivity contribution in [2.75, 3.05) is 24.9 Å². The van der Waals surface area contributed by atoms with Gasteiger partial charge in [0, 0.05) is 17.1 Å². The summed E-state index contributed by atoms with van der Waals surface area (Å²) < 4.78 is 49.6. The number of para-hydroxylation sites is 1. The predicted octanol–water partition coefficient (Wildman–Crippen LogP) is 5.18. The second-order valence-corrected chi connectivity index (χ2v) is 6.59. The van der Waals surface area contributed by atoms with E-state index in [1.165, 1.54) is 37.8 Å². The third-order valence-corrected chi connectivity index (χ3v) is 4.61. The van der Waals surface area contributed by atoms with Crippen molar-refractivity contribution in [3.63, 3.8) is 0 Å². The molecule has 0 spiro atoms. The number of anilines is 3. The van der Waals surface area contributed by atoms with Crippen molar-refractivity contribution in [2.24, 2.45) is 0 Å². The molecule has 0 fully saturated rings. The normalized spacial score (nSPS) is 11.1. The SMILES string of the molecule is COc1ccc(Nc2nc(C(=O)Nc3ccccc3C(F)(F)F)cs2)cc1OC. The maximum Gasteiger partial charge on any atom is 0.418 e. The first-order valence-corrected chi connectivity index (χ1v) is 9.12. The summed E-state index contributed by atoms with van der Waals surface area (Å²) in [5.41, 5.74) is -0.610. The van der Waals surface area contributed by atoms with Gasteiger partial charge in [-0.2, -0.15) is 13.2 Å². The number of hydrogen-bond acceptors (Lipinski definition) is 6. The first kappa shape index (κ1) is 20.5. The predicted molar refractivity (Wildman–Crippen MR) is 104 cm³/mol. The Morgan fingerprint density at radius 3 is 2.48 bits per heavy atom. The first-order valence-electron chi connectivity index (χ1n) is 8.24. The number of thiazole rings is 1. The molecule has 3 rings (SSSR count). The number of alkyl halides is 3. The van der Waals surface area contributed by atoms with Gasteiger partial charge in [-0.05, 0) is 24.3 Å². The molecule has 0 radical (unpaired) electrons. The number of carbonyl (C=O) groups is 1. The van der Waals surface area contributed by atoms with Gasteiger partial charge >= 0.3 is 6.18 Å².